The Kier molecular flexibility index (Phi) is 4.97. The molecule has 1 aliphatic rings. The van der Waals surface area contributed by atoms with Crippen molar-refractivity contribution in [1.29, 1.82) is 0 Å². The molecular formula is C12H14BrCl2NO. The van der Waals surface area contributed by atoms with E-state index in [0.29, 0.717) is 28.3 Å². The summed E-state index contributed by atoms with van der Waals surface area (Å²) in [7, 11) is 0. The molecule has 1 aromatic rings. The summed E-state index contributed by atoms with van der Waals surface area (Å²) in [6.07, 6.45) is 2.41. The van der Waals surface area contributed by atoms with Gasteiger partial charge in [-0.3, -0.25) is 0 Å². The lowest BCUT2D eigenvalue weighted by atomic mass is 10.0. The third-order valence-electron chi connectivity index (χ3n) is 2.85. The Morgan fingerprint density at radius 3 is 2.88 bits per heavy atom. The van der Waals surface area contributed by atoms with Crippen molar-refractivity contribution in [3.05, 3.63) is 26.7 Å². The van der Waals surface area contributed by atoms with Crippen molar-refractivity contribution in [1.82, 2.24) is 5.32 Å². The quantitative estimate of drug-likeness (QED) is 0.836. The van der Waals surface area contributed by atoms with Gasteiger partial charge in [0, 0.05) is 23.0 Å². The lowest BCUT2D eigenvalue weighted by Crippen LogP contribution is -2.33. The van der Waals surface area contributed by atoms with Gasteiger partial charge < -0.3 is 10.1 Å². The second-order valence-corrected chi connectivity index (χ2v) is 5.89. The van der Waals surface area contributed by atoms with Crippen LogP contribution in [0.5, 0.6) is 5.75 Å². The van der Waals surface area contributed by atoms with Crippen molar-refractivity contribution >= 4 is 39.1 Å². The molecule has 1 aromatic carbocycles. The summed E-state index contributed by atoms with van der Waals surface area (Å²) >= 11 is 15.4. The Morgan fingerprint density at radius 1 is 1.35 bits per heavy atom. The molecule has 0 saturated carbocycles. The fourth-order valence-electron chi connectivity index (χ4n) is 1.89. The molecule has 2 nitrogen and oxygen atoms in total. The van der Waals surface area contributed by atoms with Crippen molar-refractivity contribution in [3.63, 3.8) is 0 Å². The molecule has 0 aromatic heterocycles. The van der Waals surface area contributed by atoms with Crippen LogP contribution in [0.4, 0.5) is 0 Å². The van der Waals surface area contributed by atoms with Gasteiger partial charge in [0.1, 0.15) is 5.75 Å². The molecule has 1 fully saturated rings. The maximum Gasteiger partial charge on any atom is 0.139 e. The number of benzene rings is 1. The summed E-state index contributed by atoms with van der Waals surface area (Å²) in [5.41, 5.74) is 0. The van der Waals surface area contributed by atoms with Crippen LogP contribution in [-0.2, 0) is 0 Å². The second kappa shape index (κ2) is 6.28. The van der Waals surface area contributed by atoms with Gasteiger partial charge in [-0.05, 0) is 41.4 Å². The van der Waals surface area contributed by atoms with E-state index < -0.39 is 0 Å². The van der Waals surface area contributed by atoms with E-state index in [9.17, 15) is 0 Å². The first kappa shape index (κ1) is 13.5. The lowest BCUT2D eigenvalue weighted by molar-refractivity contribution is 0.218. The van der Waals surface area contributed by atoms with Gasteiger partial charge in [0.15, 0.2) is 0 Å². The molecule has 94 valence electrons. The standard InChI is InChI=1S/C12H14BrCl2NO/c13-9-4-11(15)12(5-10(9)14)17-7-8-2-1-3-16-6-8/h4-5,8,16H,1-3,6-7H2. The summed E-state index contributed by atoms with van der Waals surface area (Å²) < 4.78 is 6.52. The Morgan fingerprint density at radius 2 is 2.18 bits per heavy atom. The number of ether oxygens (including phenoxy) is 1. The van der Waals surface area contributed by atoms with Gasteiger partial charge in [-0.2, -0.15) is 0 Å². The topological polar surface area (TPSA) is 21.3 Å². The third-order valence-corrected chi connectivity index (χ3v) is 4.34. The van der Waals surface area contributed by atoms with Crippen molar-refractivity contribution in [2.75, 3.05) is 19.7 Å². The highest BCUT2D eigenvalue weighted by molar-refractivity contribution is 9.10. The van der Waals surface area contributed by atoms with E-state index in [4.69, 9.17) is 27.9 Å². The summed E-state index contributed by atoms with van der Waals surface area (Å²) in [6.45, 7) is 2.81. The molecule has 0 bridgehead atoms. The largest absolute Gasteiger partial charge is 0.492 e. The highest BCUT2D eigenvalue weighted by Gasteiger charge is 2.15. The van der Waals surface area contributed by atoms with Crippen LogP contribution >= 0.6 is 39.1 Å². The summed E-state index contributed by atoms with van der Waals surface area (Å²) in [4.78, 5) is 0. The van der Waals surface area contributed by atoms with Crippen molar-refractivity contribution in [2.45, 2.75) is 12.8 Å². The number of halogens is 3. The molecular weight excluding hydrogens is 325 g/mol. The molecule has 0 spiro atoms. The van der Waals surface area contributed by atoms with E-state index in [1.165, 1.54) is 12.8 Å². The zero-order valence-corrected chi connectivity index (χ0v) is 12.4. The highest BCUT2D eigenvalue weighted by Crippen LogP contribution is 2.34. The van der Waals surface area contributed by atoms with E-state index in [-0.39, 0.29) is 0 Å². The Hall–Kier alpha value is 0.0400. The second-order valence-electron chi connectivity index (χ2n) is 4.22. The molecule has 1 heterocycles. The first-order valence-electron chi connectivity index (χ1n) is 5.65. The highest BCUT2D eigenvalue weighted by atomic mass is 79.9. The van der Waals surface area contributed by atoms with Crippen LogP contribution in [0.15, 0.2) is 16.6 Å². The molecule has 2 rings (SSSR count). The van der Waals surface area contributed by atoms with Gasteiger partial charge >= 0.3 is 0 Å². The normalized spacial score (nSPS) is 20.3. The molecule has 0 aliphatic carbocycles. The summed E-state index contributed by atoms with van der Waals surface area (Å²) in [5, 5.41) is 4.56. The number of hydrogen-bond acceptors (Lipinski definition) is 2. The molecule has 0 amide bonds. The fourth-order valence-corrected chi connectivity index (χ4v) is 2.74. The van der Waals surface area contributed by atoms with Crippen LogP contribution < -0.4 is 10.1 Å². The number of nitrogens with one attached hydrogen (secondary N) is 1. The molecule has 1 N–H and O–H groups in total. The molecule has 17 heavy (non-hydrogen) atoms. The number of hydrogen-bond donors (Lipinski definition) is 1. The smallest absolute Gasteiger partial charge is 0.139 e. The van der Waals surface area contributed by atoms with Crippen molar-refractivity contribution in [3.8, 4) is 5.75 Å². The van der Waals surface area contributed by atoms with Gasteiger partial charge in [-0.15, -0.1) is 0 Å². The fraction of sp³-hybridized carbons (Fsp3) is 0.500. The molecule has 0 radical (unpaired) electrons. The molecule has 1 atom stereocenters. The minimum atomic E-state index is 0.558. The van der Waals surface area contributed by atoms with Crippen LogP contribution in [-0.4, -0.2) is 19.7 Å². The van der Waals surface area contributed by atoms with E-state index in [0.717, 1.165) is 17.6 Å². The number of rotatable bonds is 3. The Labute approximate surface area is 120 Å². The average molecular weight is 339 g/mol. The summed E-state index contributed by atoms with van der Waals surface area (Å²) in [5.74, 6) is 1.22. The first-order chi connectivity index (χ1) is 8.16. The number of piperidine rings is 1. The Balaban J connectivity index is 1.96. The van der Waals surface area contributed by atoms with Crippen molar-refractivity contribution in [2.24, 2.45) is 5.92 Å². The molecule has 1 saturated heterocycles. The molecule has 1 aliphatic heterocycles. The maximum absolute atomic E-state index is 6.09. The van der Waals surface area contributed by atoms with Gasteiger partial charge in [0.2, 0.25) is 0 Å². The van der Waals surface area contributed by atoms with Gasteiger partial charge in [-0.25, -0.2) is 0 Å². The van der Waals surface area contributed by atoms with E-state index >= 15 is 0 Å². The summed E-state index contributed by atoms with van der Waals surface area (Å²) in [6, 6.07) is 3.52. The van der Waals surface area contributed by atoms with E-state index in [1.807, 2.05) is 0 Å². The van der Waals surface area contributed by atoms with E-state index in [2.05, 4.69) is 21.2 Å². The zero-order chi connectivity index (χ0) is 12.3. The average Bonchev–Trinajstić information content (AvgIpc) is 2.33. The minimum absolute atomic E-state index is 0.558. The van der Waals surface area contributed by atoms with E-state index in [1.54, 1.807) is 12.1 Å². The third kappa shape index (κ3) is 3.75. The van der Waals surface area contributed by atoms with Crippen LogP contribution in [0.1, 0.15) is 12.8 Å². The predicted octanol–water partition coefficient (Wildman–Crippen LogP) is 4.13. The first-order valence-corrected chi connectivity index (χ1v) is 7.20. The minimum Gasteiger partial charge on any atom is -0.492 e. The Bertz CT molecular complexity index is 394. The molecule has 5 heteroatoms. The van der Waals surface area contributed by atoms with Gasteiger partial charge in [0.25, 0.3) is 0 Å². The van der Waals surface area contributed by atoms with Crippen LogP contribution in [0.3, 0.4) is 0 Å². The lowest BCUT2D eigenvalue weighted by Gasteiger charge is -2.23. The zero-order valence-electron chi connectivity index (χ0n) is 9.31. The predicted molar refractivity (Wildman–Crippen MR) is 75.3 cm³/mol. The van der Waals surface area contributed by atoms with Crippen LogP contribution in [0.25, 0.3) is 0 Å². The van der Waals surface area contributed by atoms with Crippen LogP contribution in [0, 0.1) is 5.92 Å². The SMILES string of the molecule is Clc1cc(OCC2CCCNC2)c(Cl)cc1Br. The monoisotopic (exact) mass is 337 g/mol. The van der Waals surface area contributed by atoms with Gasteiger partial charge in [0.05, 0.1) is 16.7 Å². The maximum atomic E-state index is 6.09. The van der Waals surface area contributed by atoms with Gasteiger partial charge in [-0.1, -0.05) is 23.2 Å². The molecule has 1 unspecified atom stereocenters. The van der Waals surface area contributed by atoms with Crippen LogP contribution in [0.2, 0.25) is 10.0 Å². The van der Waals surface area contributed by atoms with Crippen molar-refractivity contribution < 1.29 is 4.74 Å².